The van der Waals surface area contributed by atoms with Crippen LogP contribution in [0.25, 0.3) is 101 Å². The third kappa shape index (κ3) is 6.37. The monoisotopic (exact) mass is 715 g/mol. The van der Waals surface area contributed by atoms with Gasteiger partial charge in [0, 0.05) is 38.6 Å². The molecular formula is C51H33N5. The zero-order chi connectivity index (χ0) is 37.3. The topological polar surface area (TPSA) is 64.5 Å². The van der Waals surface area contributed by atoms with Gasteiger partial charge in [-0.2, -0.15) is 0 Å². The fourth-order valence-corrected chi connectivity index (χ4v) is 7.25. The maximum absolute atomic E-state index is 5.33. The Balaban J connectivity index is 1.05. The van der Waals surface area contributed by atoms with Crippen molar-refractivity contribution >= 4 is 21.8 Å². The molecule has 0 N–H and O–H groups in total. The number of fused-ring (bicyclic) bond motifs is 3. The van der Waals surface area contributed by atoms with Crippen LogP contribution in [0.2, 0.25) is 0 Å². The second-order valence-corrected chi connectivity index (χ2v) is 13.7. The molecule has 0 saturated carbocycles. The van der Waals surface area contributed by atoms with E-state index in [1.165, 1.54) is 0 Å². The van der Waals surface area contributed by atoms with E-state index < -0.39 is 0 Å². The largest absolute Gasteiger partial charge is 0.245 e. The molecular weight excluding hydrogens is 683 g/mol. The van der Waals surface area contributed by atoms with Gasteiger partial charge < -0.3 is 0 Å². The molecule has 10 rings (SSSR count). The Morgan fingerprint density at radius 3 is 1.34 bits per heavy atom. The first-order chi connectivity index (χ1) is 27.7. The van der Waals surface area contributed by atoms with Crippen LogP contribution in [-0.2, 0) is 0 Å². The average Bonchev–Trinajstić information content (AvgIpc) is 3.29. The third-order valence-corrected chi connectivity index (χ3v) is 10.1. The minimum Gasteiger partial charge on any atom is -0.245 e. The summed E-state index contributed by atoms with van der Waals surface area (Å²) in [7, 11) is 0. The molecule has 0 saturated heterocycles. The number of aromatic nitrogens is 5. The van der Waals surface area contributed by atoms with Gasteiger partial charge in [0.15, 0.2) is 17.5 Å². The predicted molar refractivity (Wildman–Crippen MR) is 228 cm³/mol. The summed E-state index contributed by atoms with van der Waals surface area (Å²) < 4.78 is 0. The van der Waals surface area contributed by atoms with Gasteiger partial charge in [-0.25, -0.2) is 24.9 Å². The summed E-state index contributed by atoms with van der Waals surface area (Å²) in [6.45, 7) is 0. The smallest absolute Gasteiger partial charge is 0.164 e. The molecule has 10 aromatic rings. The number of nitrogens with zero attached hydrogens (tertiary/aromatic N) is 5. The van der Waals surface area contributed by atoms with Crippen LogP contribution in [-0.4, -0.2) is 24.9 Å². The summed E-state index contributed by atoms with van der Waals surface area (Å²) >= 11 is 0. The van der Waals surface area contributed by atoms with E-state index in [1.807, 2.05) is 78.9 Å². The summed E-state index contributed by atoms with van der Waals surface area (Å²) in [5.41, 5.74) is 12.9. The molecule has 0 atom stereocenters. The summed E-state index contributed by atoms with van der Waals surface area (Å²) in [4.78, 5) is 25.3. The molecule has 5 nitrogen and oxygen atoms in total. The molecule has 0 aliphatic rings. The SMILES string of the molecule is c1ccc(-c2ccc3ccc4c(-c5ccccc5)cc(-c5ccc(-c6cccc(-c7nc(-c8ccccc8)nc(-c8ccccc8)n7)c6)cc5)nc4c3n2)cc1. The van der Waals surface area contributed by atoms with Gasteiger partial charge in [-0.05, 0) is 40.5 Å². The van der Waals surface area contributed by atoms with Crippen molar-refractivity contribution in [3.05, 3.63) is 200 Å². The van der Waals surface area contributed by atoms with E-state index in [0.29, 0.717) is 17.5 Å². The molecule has 0 amide bonds. The van der Waals surface area contributed by atoms with Crippen molar-refractivity contribution in [3.63, 3.8) is 0 Å². The van der Waals surface area contributed by atoms with Crippen LogP contribution in [0.15, 0.2) is 200 Å². The number of rotatable bonds is 7. The Bertz CT molecular complexity index is 2930. The maximum Gasteiger partial charge on any atom is 0.164 e. The van der Waals surface area contributed by atoms with E-state index in [0.717, 1.165) is 83.3 Å². The second-order valence-electron chi connectivity index (χ2n) is 13.7. The Labute approximate surface area is 324 Å². The van der Waals surface area contributed by atoms with Crippen LogP contribution in [0.5, 0.6) is 0 Å². The molecule has 7 aromatic carbocycles. The van der Waals surface area contributed by atoms with Crippen molar-refractivity contribution in [2.24, 2.45) is 0 Å². The molecule has 0 spiro atoms. The van der Waals surface area contributed by atoms with E-state index in [1.54, 1.807) is 0 Å². The lowest BCUT2D eigenvalue weighted by Crippen LogP contribution is -2.00. The Morgan fingerprint density at radius 1 is 0.250 bits per heavy atom. The first kappa shape index (κ1) is 33.0. The van der Waals surface area contributed by atoms with Crippen LogP contribution < -0.4 is 0 Å². The molecule has 262 valence electrons. The van der Waals surface area contributed by atoms with Crippen LogP contribution in [0.3, 0.4) is 0 Å². The molecule has 0 radical (unpaired) electrons. The molecule has 0 fully saturated rings. The lowest BCUT2D eigenvalue weighted by atomic mass is 9.96. The summed E-state index contributed by atoms with van der Waals surface area (Å²) in [6.07, 6.45) is 0. The predicted octanol–water partition coefficient (Wildman–Crippen LogP) is 12.6. The summed E-state index contributed by atoms with van der Waals surface area (Å²) in [5, 5.41) is 2.13. The standard InChI is InChI=1S/C51H33N5/c1-5-14-35(15-6-1)44-33-46(53-48-43(44)30-28-38-29-31-45(52-47(38)48)36-16-7-2-8-17-36)37-26-24-34(25-27-37)41-22-13-23-42(32-41)51-55-49(39-18-9-3-10-19-39)54-50(56-51)40-20-11-4-12-21-40/h1-33H. The quantitative estimate of drug-likeness (QED) is 0.154. The zero-order valence-corrected chi connectivity index (χ0v) is 30.3. The van der Waals surface area contributed by atoms with Gasteiger partial charge in [0.2, 0.25) is 0 Å². The van der Waals surface area contributed by atoms with Crippen LogP contribution >= 0.6 is 0 Å². The molecule has 3 heterocycles. The van der Waals surface area contributed by atoms with Gasteiger partial charge in [0.1, 0.15) is 0 Å². The average molecular weight is 716 g/mol. The fraction of sp³-hybridized carbons (Fsp3) is 0. The Morgan fingerprint density at radius 2 is 0.714 bits per heavy atom. The van der Waals surface area contributed by atoms with E-state index in [2.05, 4.69) is 121 Å². The normalized spacial score (nSPS) is 11.2. The minimum atomic E-state index is 0.626. The van der Waals surface area contributed by atoms with Crippen molar-refractivity contribution < 1.29 is 0 Å². The van der Waals surface area contributed by atoms with Gasteiger partial charge in [0.05, 0.1) is 22.4 Å². The van der Waals surface area contributed by atoms with Crippen LogP contribution in [0, 0.1) is 0 Å². The number of pyridine rings is 2. The van der Waals surface area contributed by atoms with Gasteiger partial charge in [-0.15, -0.1) is 0 Å². The fourth-order valence-electron chi connectivity index (χ4n) is 7.25. The van der Waals surface area contributed by atoms with Crippen molar-refractivity contribution in [3.8, 4) is 78.9 Å². The number of benzene rings is 7. The molecule has 56 heavy (non-hydrogen) atoms. The number of hydrogen-bond donors (Lipinski definition) is 0. The van der Waals surface area contributed by atoms with Crippen molar-refractivity contribution in [1.82, 2.24) is 24.9 Å². The summed E-state index contributed by atoms with van der Waals surface area (Å²) in [6, 6.07) is 68.8. The van der Waals surface area contributed by atoms with Crippen LogP contribution in [0.1, 0.15) is 0 Å². The first-order valence-corrected chi connectivity index (χ1v) is 18.7. The lowest BCUT2D eigenvalue weighted by Gasteiger charge is -2.13. The highest BCUT2D eigenvalue weighted by Crippen LogP contribution is 2.37. The highest BCUT2D eigenvalue weighted by molar-refractivity contribution is 6.09. The minimum absolute atomic E-state index is 0.626. The maximum atomic E-state index is 5.33. The molecule has 0 unspecified atom stereocenters. The van der Waals surface area contributed by atoms with E-state index in [9.17, 15) is 0 Å². The molecule has 5 heteroatoms. The van der Waals surface area contributed by atoms with Crippen molar-refractivity contribution in [2.75, 3.05) is 0 Å². The molecule has 0 aliphatic heterocycles. The van der Waals surface area contributed by atoms with Gasteiger partial charge in [-0.3, -0.25) is 0 Å². The van der Waals surface area contributed by atoms with Gasteiger partial charge >= 0.3 is 0 Å². The van der Waals surface area contributed by atoms with Crippen molar-refractivity contribution in [1.29, 1.82) is 0 Å². The third-order valence-electron chi connectivity index (χ3n) is 10.1. The Kier molecular flexibility index (Phi) is 8.43. The Hall–Kier alpha value is -7.63. The highest BCUT2D eigenvalue weighted by Gasteiger charge is 2.16. The van der Waals surface area contributed by atoms with Gasteiger partial charge in [0.25, 0.3) is 0 Å². The van der Waals surface area contributed by atoms with Gasteiger partial charge in [-0.1, -0.05) is 182 Å². The van der Waals surface area contributed by atoms with E-state index in [4.69, 9.17) is 24.9 Å². The second kappa shape index (κ2) is 14.3. The summed E-state index contributed by atoms with van der Waals surface area (Å²) in [5.74, 6) is 1.91. The number of hydrogen-bond acceptors (Lipinski definition) is 5. The van der Waals surface area contributed by atoms with E-state index in [-0.39, 0.29) is 0 Å². The van der Waals surface area contributed by atoms with Crippen LogP contribution in [0.4, 0.5) is 0 Å². The lowest BCUT2D eigenvalue weighted by molar-refractivity contribution is 1.07. The first-order valence-electron chi connectivity index (χ1n) is 18.7. The van der Waals surface area contributed by atoms with E-state index >= 15 is 0 Å². The molecule has 3 aromatic heterocycles. The van der Waals surface area contributed by atoms with Crippen molar-refractivity contribution in [2.45, 2.75) is 0 Å². The molecule has 0 aliphatic carbocycles. The highest BCUT2D eigenvalue weighted by atomic mass is 15.0. The molecule has 0 bridgehead atoms. The zero-order valence-electron chi connectivity index (χ0n) is 30.3.